The number of aliphatic carboxylic acids is 1. The Balaban J connectivity index is 1.91. The largest absolute Gasteiger partial charge is 0.481 e. The summed E-state index contributed by atoms with van der Waals surface area (Å²) < 4.78 is 1.69. The molecule has 2 rings (SSSR count). The molecule has 0 aromatic carbocycles. The molecule has 1 saturated carbocycles. The molecule has 0 radical (unpaired) electrons. The lowest BCUT2D eigenvalue weighted by atomic mass is 9.93. The Bertz CT molecular complexity index is 426. The standard InChI is InChI=1S/C11H18N4O3S/c16-9-5-2-1-4-8(9)15-11(12-13-14-15)19-7-3-6-10(17)18/h8-9,16H,1-7H2,(H,17,18). The van der Waals surface area contributed by atoms with Gasteiger partial charge in [-0.05, 0) is 29.7 Å². The number of aliphatic hydroxyl groups is 1. The SMILES string of the molecule is O=C(O)CCCSc1nnnn1C1CCCCC1O. The fourth-order valence-corrected chi connectivity index (χ4v) is 3.12. The molecule has 0 bridgehead atoms. The van der Waals surface area contributed by atoms with Crippen LogP contribution in [0.4, 0.5) is 0 Å². The van der Waals surface area contributed by atoms with Gasteiger partial charge in [-0.1, -0.05) is 24.6 Å². The van der Waals surface area contributed by atoms with Crippen molar-refractivity contribution in [3.8, 4) is 0 Å². The normalized spacial score (nSPS) is 23.4. The Morgan fingerprint density at radius 1 is 1.42 bits per heavy atom. The zero-order chi connectivity index (χ0) is 13.7. The number of aliphatic hydroxyl groups excluding tert-OH is 1. The lowest BCUT2D eigenvalue weighted by Gasteiger charge is -2.27. The number of hydrogen-bond donors (Lipinski definition) is 2. The van der Waals surface area contributed by atoms with Crippen LogP contribution in [0.1, 0.15) is 44.6 Å². The summed E-state index contributed by atoms with van der Waals surface area (Å²) in [5, 5.41) is 30.8. The second-order valence-corrected chi connectivity index (χ2v) is 5.73. The molecule has 0 spiro atoms. The van der Waals surface area contributed by atoms with Gasteiger partial charge in [-0.25, -0.2) is 4.68 Å². The minimum atomic E-state index is -0.789. The van der Waals surface area contributed by atoms with E-state index in [-0.39, 0.29) is 12.5 Å². The van der Waals surface area contributed by atoms with Crippen molar-refractivity contribution in [2.24, 2.45) is 0 Å². The van der Waals surface area contributed by atoms with Crippen LogP contribution >= 0.6 is 11.8 Å². The van der Waals surface area contributed by atoms with Crippen LogP contribution in [-0.4, -0.2) is 48.2 Å². The summed E-state index contributed by atoms with van der Waals surface area (Å²) in [7, 11) is 0. The number of rotatable bonds is 6. The molecular formula is C11H18N4O3S. The summed E-state index contributed by atoms with van der Waals surface area (Å²) in [4.78, 5) is 10.4. The zero-order valence-corrected chi connectivity index (χ0v) is 11.4. The minimum absolute atomic E-state index is 0.0503. The van der Waals surface area contributed by atoms with E-state index in [1.807, 2.05) is 0 Å². The van der Waals surface area contributed by atoms with Gasteiger partial charge in [0.2, 0.25) is 5.16 Å². The van der Waals surface area contributed by atoms with Crippen molar-refractivity contribution in [1.82, 2.24) is 20.2 Å². The van der Waals surface area contributed by atoms with Gasteiger partial charge in [0.1, 0.15) is 0 Å². The van der Waals surface area contributed by atoms with E-state index in [9.17, 15) is 9.90 Å². The number of hydrogen-bond acceptors (Lipinski definition) is 6. The first kappa shape index (κ1) is 14.3. The maximum Gasteiger partial charge on any atom is 0.303 e. The zero-order valence-electron chi connectivity index (χ0n) is 10.6. The summed E-state index contributed by atoms with van der Waals surface area (Å²) in [6.45, 7) is 0. The van der Waals surface area contributed by atoms with E-state index in [0.717, 1.165) is 25.7 Å². The number of nitrogens with zero attached hydrogens (tertiary/aromatic N) is 4. The van der Waals surface area contributed by atoms with E-state index in [1.165, 1.54) is 11.8 Å². The molecule has 1 aromatic heterocycles. The van der Waals surface area contributed by atoms with E-state index < -0.39 is 12.1 Å². The first-order valence-electron chi connectivity index (χ1n) is 6.49. The minimum Gasteiger partial charge on any atom is -0.481 e. The van der Waals surface area contributed by atoms with Crippen molar-refractivity contribution in [3.63, 3.8) is 0 Å². The van der Waals surface area contributed by atoms with Crippen LogP contribution in [0.25, 0.3) is 0 Å². The molecule has 1 aromatic rings. The summed E-state index contributed by atoms with van der Waals surface area (Å²) in [6, 6.07) is -0.0503. The Morgan fingerprint density at radius 3 is 2.95 bits per heavy atom. The lowest BCUT2D eigenvalue weighted by Crippen LogP contribution is -2.28. The third-order valence-corrected chi connectivity index (χ3v) is 4.26. The van der Waals surface area contributed by atoms with Crippen LogP contribution < -0.4 is 0 Å². The molecule has 0 aliphatic heterocycles. The summed E-state index contributed by atoms with van der Waals surface area (Å²) >= 11 is 1.44. The number of carboxylic acids is 1. The highest BCUT2D eigenvalue weighted by Crippen LogP contribution is 2.30. The average Bonchev–Trinajstić information content (AvgIpc) is 2.83. The van der Waals surface area contributed by atoms with Crippen molar-refractivity contribution in [1.29, 1.82) is 0 Å². The van der Waals surface area contributed by atoms with Crippen LogP contribution in [0.5, 0.6) is 0 Å². The molecule has 19 heavy (non-hydrogen) atoms. The molecule has 0 saturated heterocycles. The third-order valence-electron chi connectivity index (χ3n) is 3.24. The van der Waals surface area contributed by atoms with Crippen LogP contribution in [0, 0.1) is 0 Å². The van der Waals surface area contributed by atoms with Gasteiger partial charge >= 0.3 is 5.97 Å². The summed E-state index contributed by atoms with van der Waals surface area (Å²) in [6.07, 6.45) is 4.13. The highest BCUT2D eigenvalue weighted by atomic mass is 32.2. The van der Waals surface area contributed by atoms with Gasteiger partial charge in [-0.2, -0.15) is 0 Å². The van der Waals surface area contributed by atoms with Crippen molar-refractivity contribution >= 4 is 17.7 Å². The smallest absolute Gasteiger partial charge is 0.303 e. The lowest BCUT2D eigenvalue weighted by molar-refractivity contribution is -0.137. The van der Waals surface area contributed by atoms with E-state index in [2.05, 4.69) is 15.5 Å². The number of aromatic nitrogens is 4. The van der Waals surface area contributed by atoms with Crippen LogP contribution in [0.15, 0.2) is 5.16 Å². The van der Waals surface area contributed by atoms with Crippen molar-refractivity contribution in [2.45, 2.75) is 55.8 Å². The Morgan fingerprint density at radius 2 is 2.21 bits per heavy atom. The van der Waals surface area contributed by atoms with Gasteiger partial charge in [-0.3, -0.25) is 4.79 Å². The number of carbonyl (C=O) groups is 1. The Hall–Kier alpha value is -1.15. The Labute approximate surface area is 115 Å². The first-order chi connectivity index (χ1) is 9.18. The van der Waals surface area contributed by atoms with Gasteiger partial charge in [0, 0.05) is 12.2 Å². The van der Waals surface area contributed by atoms with E-state index >= 15 is 0 Å². The molecule has 1 aliphatic rings. The van der Waals surface area contributed by atoms with Gasteiger partial charge in [0.05, 0.1) is 12.1 Å². The molecule has 1 fully saturated rings. The van der Waals surface area contributed by atoms with Crippen LogP contribution in [0.2, 0.25) is 0 Å². The first-order valence-corrected chi connectivity index (χ1v) is 7.47. The second kappa shape index (κ2) is 6.85. The highest BCUT2D eigenvalue weighted by molar-refractivity contribution is 7.99. The molecule has 1 heterocycles. The van der Waals surface area contributed by atoms with Gasteiger partial charge in [0.25, 0.3) is 0 Å². The van der Waals surface area contributed by atoms with Crippen LogP contribution in [-0.2, 0) is 4.79 Å². The molecule has 0 amide bonds. The van der Waals surface area contributed by atoms with Crippen molar-refractivity contribution in [3.05, 3.63) is 0 Å². The highest BCUT2D eigenvalue weighted by Gasteiger charge is 2.27. The molecule has 8 heteroatoms. The molecule has 2 atom stereocenters. The Kier molecular flexibility index (Phi) is 5.15. The topological polar surface area (TPSA) is 101 Å². The van der Waals surface area contributed by atoms with Crippen molar-refractivity contribution in [2.75, 3.05) is 5.75 Å². The number of tetrazole rings is 1. The summed E-state index contributed by atoms with van der Waals surface area (Å²) in [5.41, 5.74) is 0. The van der Waals surface area contributed by atoms with Gasteiger partial charge in [-0.15, -0.1) is 5.10 Å². The average molecular weight is 286 g/mol. The van der Waals surface area contributed by atoms with E-state index in [1.54, 1.807) is 4.68 Å². The predicted molar refractivity (Wildman–Crippen MR) is 68.9 cm³/mol. The predicted octanol–water partition coefficient (Wildman–Crippen LogP) is 1.11. The van der Waals surface area contributed by atoms with E-state index in [0.29, 0.717) is 17.3 Å². The fraction of sp³-hybridized carbons (Fsp3) is 0.818. The van der Waals surface area contributed by atoms with Crippen molar-refractivity contribution < 1.29 is 15.0 Å². The molecule has 1 aliphatic carbocycles. The number of carboxylic acid groups (broad SMARTS) is 1. The molecule has 2 N–H and O–H groups in total. The molecular weight excluding hydrogens is 268 g/mol. The maximum atomic E-state index is 10.4. The monoisotopic (exact) mass is 286 g/mol. The van der Waals surface area contributed by atoms with Crippen LogP contribution in [0.3, 0.4) is 0 Å². The molecule has 7 nitrogen and oxygen atoms in total. The third kappa shape index (κ3) is 3.90. The van der Waals surface area contributed by atoms with Gasteiger partial charge in [0.15, 0.2) is 0 Å². The molecule has 2 unspecified atom stereocenters. The number of thioether (sulfide) groups is 1. The molecule has 106 valence electrons. The fourth-order valence-electron chi connectivity index (χ4n) is 2.25. The second-order valence-electron chi connectivity index (χ2n) is 4.67. The van der Waals surface area contributed by atoms with E-state index in [4.69, 9.17) is 5.11 Å². The maximum absolute atomic E-state index is 10.4. The van der Waals surface area contributed by atoms with Gasteiger partial charge < -0.3 is 10.2 Å². The quantitative estimate of drug-likeness (QED) is 0.596. The summed E-state index contributed by atoms with van der Waals surface area (Å²) in [5.74, 6) is -0.127.